The zero-order chi connectivity index (χ0) is 9.14. The second-order valence-electron chi connectivity index (χ2n) is 2.44. The molecule has 68 valence electrons. The molecule has 0 spiro atoms. The van der Waals surface area contributed by atoms with Gasteiger partial charge in [0.05, 0.1) is 11.6 Å². The van der Waals surface area contributed by atoms with E-state index in [1.54, 1.807) is 0 Å². The molecular weight excluding hydrogens is 185 g/mol. The SMILES string of the molecule is CC(C(=O)O)c1cc(CO)on1.[NaH]. The first kappa shape index (κ1) is 12.6. The molecule has 0 aromatic carbocycles. The van der Waals surface area contributed by atoms with Gasteiger partial charge in [0, 0.05) is 6.07 Å². The summed E-state index contributed by atoms with van der Waals surface area (Å²) in [5.41, 5.74) is 0.326. The number of carboxylic acids is 1. The van der Waals surface area contributed by atoms with Gasteiger partial charge in [0.15, 0.2) is 5.76 Å². The molecule has 0 fully saturated rings. The minimum atomic E-state index is -0.965. The summed E-state index contributed by atoms with van der Waals surface area (Å²) in [6, 6.07) is 1.43. The van der Waals surface area contributed by atoms with Crippen molar-refractivity contribution in [3.8, 4) is 0 Å². The number of aliphatic carboxylic acids is 1. The van der Waals surface area contributed by atoms with E-state index in [0.717, 1.165) is 0 Å². The van der Waals surface area contributed by atoms with Gasteiger partial charge in [0.1, 0.15) is 6.61 Å². The van der Waals surface area contributed by atoms with Crippen LogP contribution in [0, 0.1) is 0 Å². The van der Waals surface area contributed by atoms with E-state index in [4.69, 9.17) is 10.2 Å². The van der Waals surface area contributed by atoms with Crippen LogP contribution in [0.5, 0.6) is 0 Å². The topological polar surface area (TPSA) is 83.6 Å². The van der Waals surface area contributed by atoms with Gasteiger partial charge in [0.25, 0.3) is 0 Å². The summed E-state index contributed by atoms with van der Waals surface area (Å²) in [6.07, 6.45) is 0. The van der Waals surface area contributed by atoms with E-state index in [2.05, 4.69) is 9.68 Å². The van der Waals surface area contributed by atoms with E-state index in [0.29, 0.717) is 5.69 Å². The van der Waals surface area contributed by atoms with Gasteiger partial charge in [-0.2, -0.15) is 0 Å². The van der Waals surface area contributed by atoms with Gasteiger partial charge in [0.2, 0.25) is 0 Å². The predicted molar refractivity (Wildman–Crippen MR) is 45.6 cm³/mol. The third-order valence-corrected chi connectivity index (χ3v) is 1.55. The van der Waals surface area contributed by atoms with Crippen molar-refractivity contribution in [1.82, 2.24) is 5.16 Å². The van der Waals surface area contributed by atoms with Crippen LogP contribution >= 0.6 is 0 Å². The number of aromatic nitrogens is 1. The molecule has 0 bridgehead atoms. The quantitative estimate of drug-likeness (QED) is 0.647. The van der Waals surface area contributed by atoms with E-state index in [1.165, 1.54) is 13.0 Å². The van der Waals surface area contributed by atoms with Gasteiger partial charge < -0.3 is 14.7 Å². The van der Waals surface area contributed by atoms with Crippen LogP contribution in [-0.4, -0.2) is 50.9 Å². The average molecular weight is 195 g/mol. The molecule has 1 heterocycles. The monoisotopic (exact) mass is 195 g/mol. The summed E-state index contributed by atoms with van der Waals surface area (Å²) in [7, 11) is 0. The number of nitrogens with zero attached hydrogens (tertiary/aromatic N) is 1. The normalized spacial score (nSPS) is 11.8. The molecular formula is C7H10NNaO4. The molecule has 13 heavy (non-hydrogen) atoms. The Kier molecular flexibility index (Phi) is 5.24. The third kappa shape index (κ3) is 3.11. The van der Waals surface area contributed by atoms with Crippen molar-refractivity contribution in [2.45, 2.75) is 19.4 Å². The van der Waals surface area contributed by atoms with Crippen LogP contribution in [0.1, 0.15) is 24.3 Å². The molecule has 2 N–H and O–H groups in total. The summed E-state index contributed by atoms with van der Waals surface area (Å²) in [4.78, 5) is 10.5. The van der Waals surface area contributed by atoms with Gasteiger partial charge in [-0.25, -0.2) is 0 Å². The first-order chi connectivity index (χ1) is 5.65. The molecule has 0 aliphatic carbocycles. The Morgan fingerprint density at radius 2 is 2.38 bits per heavy atom. The van der Waals surface area contributed by atoms with Gasteiger partial charge in [-0.1, -0.05) is 5.16 Å². The van der Waals surface area contributed by atoms with Gasteiger partial charge in [-0.05, 0) is 6.92 Å². The molecule has 1 unspecified atom stereocenters. The van der Waals surface area contributed by atoms with Crippen LogP contribution in [0.15, 0.2) is 10.6 Å². The van der Waals surface area contributed by atoms with Crippen LogP contribution in [0.4, 0.5) is 0 Å². The fourth-order valence-electron chi connectivity index (χ4n) is 0.734. The summed E-state index contributed by atoms with van der Waals surface area (Å²) in [6.45, 7) is 1.24. The average Bonchev–Trinajstić information content (AvgIpc) is 2.50. The van der Waals surface area contributed by atoms with Crippen molar-refractivity contribution >= 4 is 35.5 Å². The van der Waals surface area contributed by atoms with E-state index in [-0.39, 0.29) is 41.9 Å². The van der Waals surface area contributed by atoms with Crippen molar-refractivity contribution < 1.29 is 19.5 Å². The zero-order valence-corrected chi connectivity index (χ0v) is 6.52. The third-order valence-electron chi connectivity index (χ3n) is 1.55. The fourth-order valence-corrected chi connectivity index (χ4v) is 0.734. The Bertz CT molecular complexity index is 286. The van der Waals surface area contributed by atoms with E-state index in [1.807, 2.05) is 0 Å². The molecule has 0 saturated heterocycles. The second kappa shape index (κ2) is 5.39. The standard InChI is InChI=1S/C7H9NO4.Na.H/c1-4(7(10)11)6-2-5(3-9)12-8-6;;/h2,4,9H,3H2,1H3,(H,10,11);;. The van der Waals surface area contributed by atoms with E-state index in [9.17, 15) is 4.79 Å². The number of carboxylic acid groups (broad SMARTS) is 1. The first-order valence-electron chi connectivity index (χ1n) is 3.44. The molecule has 5 nitrogen and oxygen atoms in total. The van der Waals surface area contributed by atoms with Gasteiger partial charge in [-0.3, -0.25) is 4.79 Å². The Balaban J connectivity index is 0.00000144. The number of rotatable bonds is 3. The summed E-state index contributed by atoms with van der Waals surface area (Å²) in [5, 5.41) is 20.7. The van der Waals surface area contributed by atoms with Crippen LogP contribution in [0.2, 0.25) is 0 Å². The second-order valence-corrected chi connectivity index (χ2v) is 2.44. The summed E-state index contributed by atoms with van der Waals surface area (Å²) < 4.78 is 4.62. The Hall–Kier alpha value is -0.360. The number of hydrogen-bond acceptors (Lipinski definition) is 4. The number of hydrogen-bond donors (Lipinski definition) is 2. The van der Waals surface area contributed by atoms with Crippen LogP contribution in [0.3, 0.4) is 0 Å². The number of aliphatic hydroxyl groups is 1. The Labute approximate surface area is 97.0 Å². The minimum absolute atomic E-state index is 0. The maximum atomic E-state index is 10.5. The van der Waals surface area contributed by atoms with Crippen LogP contribution in [0.25, 0.3) is 0 Å². The molecule has 0 aliphatic heterocycles. The Morgan fingerprint density at radius 3 is 2.77 bits per heavy atom. The molecule has 1 atom stereocenters. The Morgan fingerprint density at radius 1 is 1.77 bits per heavy atom. The molecule has 0 amide bonds. The van der Waals surface area contributed by atoms with Crippen LogP contribution < -0.4 is 0 Å². The molecule has 0 aliphatic rings. The van der Waals surface area contributed by atoms with Crippen molar-refractivity contribution in [3.05, 3.63) is 17.5 Å². The van der Waals surface area contributed by atoms with Crippen molar-refractivity contribution in [2.75, 3.05) is 0 Å². The molecule has 1 rings (SSSR count). The molecule has 0 radical (unpaired) electrons. The molecule has 6 heteroatoms. The number of aliphatic hydroxyl groups excluding tert-OH is 1. The van der Waals surface area contributed by atoms with E-state index < -0.39 is 11.9 Å². The number of carbonyl (C=O) groups is 1. The van der Waals surface area contributed by atoms with Crippen molar-refractivity contribution in [3.63, 3.8) is 0 Å². The van der Waals surface area contributed by atoms with E-state index >= 15 is 0 Å². The van der Waals surface area contributed by atoms with Crippen LogP contribution in [-0.2, 0) is 11.4 Å². The molecule has 1 aromatic heterocycles. The summed E-state index contributed by atoms with van der Waals surface area (Å²) >= 11 is 0. The summed E-state index contributed by atoms with van der Waals surface area (Å²) in [5.74, 6) is -1.39. The fraction of sp³-hybridized carbons (Fsp3) is 0.429. The predicted octanol–water partition coefficient (Wildman–Crippen LogP) is -0.294. The molecule has 1 aromatic rings. The van der Waals surface area contributed by atoms with Gasteiger partial charge in [-0.15, -0.1) is 0 Å². The first-order valence-corrected chi connectivity index (χ1v) is 3.44. The zero-order valence-electron chi connectivity index (χ0n) is 6.52. The van der Waals surface area contributed by atoms with Crippen molar-refractivity contribution in [2.24, 2.45) is 0 Å². The van der Waals surface area contributed by atoms with Gasteiger partial charge >= 0.3 is 35.5 Å². The molecule has 0 saturated carbocycles. The van der Waals surface area contributed by atoms with Crippen molar-refractivity contribution in [1.29, 1.82) is 0 Å². The maximum absolute atomic E-state index is 10.5.